The number of carbonyl (C=O) groups is 2. The largest absolute Gasteiger partial charge is 0.460 e. The summed E-state index contributed by atoms with van der Waals surface area (Å²) in [6.45, 7) is 8.77. The van der Waals surface area contributed by atoms with Crippen LogP contribution < -0.4 is 10.9 Å². The summed E-state index contributed by atoms with van der Waals surface area (Å²) in [7, 11) is 3.04. The Morgan fingerprint density at radius 1 is 1.24 bits per heavy atom. The Morgan fingerprint density at radius 2 is 1.97 bits per heavy atom. The Balaban J connectivity index is 1.81. The van der Waals surface area contributed by atoms with Gasteiger partial charge in [-0.3, -0.25) is 19.8 Å². The molecule has 0 saturated heterocycles. The molecule has 0 saturated carbocycles. The van der Waals surface area contributed by atoms with Crippen LogP contribution in [0.1, 0.15) is 52.7 Å². The van der Waals surface area contributed by atoms with Crippen LogP contribution in [0.2, 0.25) is 0 Å². The van der Waals surface area contributed by atoms with Crippen molar-refractivity contribution >= 4 is 28.6 Å². The second kappa shape index (κ2) is 12.7. The van der Waals surface area contributed by atoms with Crippen molar-refractivity contribution in [3.05, 3.63) is 46.8 Å². The zero-order valence-corrected chi connectivity index (χ0v) is 23.2. The number of carbonyl (C=O) groups excluding carboxylic acids is 2. The molecule has 3 aromatic heterocycles. The predicted molar refractivity (Wildman–Crippen MR) is 147 cm³/mol. The number of hydroxylamine groups is 2. The van der Waals surface area contributed by atoms with Crippen LogP contribution in [0.5, 0.6) is 0 Å². The number of fused-ring (bicyclic) bond motifs is 1. The van der Waals surface area contributed by atoms with Gasteiger partial charge in [0, 0.05) is 64.1 Å². The lowest BCUT2D eigenvalue weighted by Crippen LogP contribution is -2.42. The second-order valence-corrected chi connectivity index (χ2v) is 10.3. The molecule has 10 heteroatoms. The highest BCUT2D eigenvalue weighted by molar-refractivity contribution is 5.94. The molecular weight excluding hydrogens is 486 g/mol. The van der Waals surface area contributed by atoms with Crippen LogP contribution in [-0.2, 0) is 18.3 Å². The van der Waals surface area contributed by atoms with E-state index >= 15 is 0 Å². The van der Waals surface area contributed by atoms with E-state index < -0.39 is 6.03 Å². The molecule has 0 aliphatic heterocycles. The number of pyridine rings is 2. The number of nitrogens with zero attached hydrogens (tertiary/aromatic N) is 4. The number of hydrogen-bond acceptors (Lipinski definition) is 6. The number of aromatic nitrogens is 2. The molecule has 3 amide bonds. The van der Waals surface area contributed by atoms with E-state index in [0.717, 1.165) is 36.1 Å². The summed E-state index contributed by atoms with van der Waals surface area (Å²) in [6.07, 6.45) is 8.21. The van der Waals surface area contributed by atoms with Gasteiger partial charge in [-0.25, -0.2) is 9.86 Å². The standard InChI is InChI=1S/C28H39N5O5/c1-7-20(9-8-10-33(16-18(2)3)28(36)32(6)37)11-23-13-24-26(38-23)25(17-31(5)27(24)35)21-12-22(15-29-14-21)30-19(4)34/h12-15,17-18,20,37H,7-11,16H2,1-6H3,(H,30,34). The fraction of sp³-hybridized carbons (Fsp3) is 0.500. The van der Waals surface area contributed by atoms with Crippen LogP contribution >= 0.6 is 0 Å². The number of amides is 3. The highest BCUT2D eigenvalue weighted by Crippen LogP contribution is 2.31. The number of nitrogens with one attached hydrogen (secondary N) is 1. The van der Waals surface area contributed by atoms with Crippen molar-refractivity contribution < 1.29 is 19.2 Å². The van der Waals surface area contributed by atoms with Gasteiger partial charge in [0.25, 0.3) is 5.56 Å². The zero-order chi connectivity index (χ0) is 28.0. The van der Waals surface area contributed by atoms with Gasteiger partial charge in [0.15, 0.2) is 0 Å². The molecule has 0 spiro atoms. The molecule has 0 aliphatic carbocycles. The van der Waals surface area contributed by atoms with Crippen LogP contribution in [0.4, 0.5) is 10.5 Å². The van der Waals surface area contributed by atoms with Crippen molar-refractivity contribution in [2.45, 2.75) is 53.4 Å². The van der Waals surface area contributed by atoms with E-state index in [0.29, 0.717) is 53.1 Å². The summed E-state index contributed by atoms with van der Waals surface area (Å²) >= 11 is 0. The third-order valence-corrected chi connectivity index (χ3v) is 6.51. The molecule has 38 heavy (non-hydrogen) atoms. The maximum atomic E-state index is 12.9. The quantitative estimate of drug-likeness (QED) is 0.271. The first-order valence-electron chi connectivity index (χ1n) is 13.1. The molecule has 3 heterocycles. The third-order valence-electron chi connectivity index (χ3n) is 6.51. The van der Waals surface area contributed by atoms with Crippen molar-refractivity contribution in [3.8, 4) is 11.1 Å². The SMILES string of the molecule is CCC(CCCN(CC(C)C)C(=O)N(C)O)Cc1cc2c(=O)n(C)cc(-c3cncc(NC(C)=O)c3)c2o1. The van der Waals surface area contributed by atoms with Gasteiger partial charge >= 0.3 is 6.03 Å². The molecule has 1 unspecified atom stereocenters. The summed E-state index contributed by atoms with van der Waals surface area (Å²) in [5.41, 5.74) is 2.37. The van der Waals surface area contributed by atoms with Crippen molar-refractivity contribution in [2.24, 2.45) is 18.9 Å². The van der Waals surface area contributed by atoms with Gasteiger partial charge in [-0.1, -0.05) is 27.2 Å². The van der Waals surface area contributed by atoms with Crippen LogP contribution in [0, 0.1) is 11.8 Å². The first-order valence-corrected chi connectivity index (χ1v) is 13.1. The third kappa shape index (κ3) is 7.22. The monoisotopic (exact) mass is 525 g/mol. The van der Waals surface area contributed by atoms with E-state index in [-0.39, 0.29) is 11.5 Å². The lowest BCUT2D eigenvalue weighted by atomic mass is 9.95. The average Bonchev–Trinajstić information content (AvgIpc) is 3.28. The molecule has 2 N–H and O–H groups in total. The number of rotatable bonds is 11. The highest BCUT2D eigenvalue weighted by atomic mass is 16.5. The van der Waals surface area contributed by atoms with Gasteiger partial charge < -0.3 is 19.2 Å². The minimum Gasteiger partial charge on any atom is -0.460 e. The van der Waals surface area contributed by atoms with Gasteiger partial charge in [0.2, 0.25) is 5.91 Å². The molecule has 1 atom stereocenters. The van der Waals surface area contributed by atoms with E-state index in [9.17, 15) is 19.6 Å². The Bertz CT molecular complexity index is 1330. The van der Waals surface area contributed by atoms with Crippen molar-refractivity contribution in [1.29, 1.82) is 0 Å². The molecule has 10 nitrogen and oxygen atoms in total. The minimum atomic E-state index is -0.399. The Kier molecular flexibility index (Phi) is 9.68. The van der Waals surface area contributed by atoms with E-state index in [4.69, 9.17) is 4.42 Å². The van der Waals surface area contributed by atoms with Crippen LogP contribution in [0.15, 0.2) is 39.9 Å². The van der Waals surface area contributed by atoms with E-state index in [1.165, 1.54) is 18.5 Å². The van der Waals surface area contributed by atoms with Gasteiger partial charge in [0.05, 0.1) is 17.3 Å². The predicted octanol–water partition coefficient (Wildman–Crippen LogP) is 4.90. The molecule has 206 valence electrons. The van der Waals surface area contributed by atoms with Crippen LogP contribution in [-0.4, -0.2) is 56.8 Å². The number of aryl methyl sites for hydroxylation is 1. The Labute approximate surface area is 223 Å². The zero-order valence-electron chi connectivity index (χ0n) is 23.2. The number of anilines is 1. The topological polar surface area (TPSA) is 121 Å². The maximum absolute atomic E-state index is 12.9. The lowest BCUT2D eigenvalue weighted by molar-refractivity contribution is -0.114. The van der Waals surface area contributed by atoms with Gasteiger partial charge in [-0.15, -0.1) is 0 Å². The smallest absolute Gasteiger partial charge is 0.343 e. The fourth-order valence-corrected chi connectivity index (χ4v) is 4.68. The van der Waals surface area contributed by atoms with Gasteiger partial charge in [0.1, 0.15) is 11.3 Å². The van der Waals surface area contributed by atoms with Crippen LogP contribution in [0.3, 0.4) is 0 Å². The Hall–Kier alpha value is -3.66. The lowest BCUT2D eigenvalue weighted by Gasteiger charge is -2.27. The molecule has 0 aromatic carbocycles. The van der Waals surface area contributed by atoms with E-state index in [1.54, 1.807) is 36.6 Å². The number of furan rings is 1. The molecule has 0 fully saturated rings. The summed E-state index contributed by atoms with van der Waals surface area (Å²) in [5.74, 6) is 1.13. The van der Waals surface area contributed by atoms with Crippen LogP contribution in [0.25, 0.3) is 22.1 Å². The average molecular weight is 526 g/mol. The summed E-state index contributed by atoms with van der Waals surface area (Å²) in [6, 6.07) is 3.23. The minimum absolute atomic E-state index is 0.145. The first-order chi connectivity index (χ1) is 18.0. The van der Waals surface area contributed by atoms with E-state index in [1.807, 2.05) is 19.9 Å². The highest BCUT2D eigenvalue weighted by Gasteiger charge is 2.20. The summed E-state index contributed by atoms with van der Waals surface area (Å²) in [4.78, 5) is 42.7. The molecular formula is C28H39N5O5. The van der Waals surface area contributed by atoms with Crippen molar-refractivity contribution in [2.75, 3.05) is 25.5 Å². The summed E-state index contributed by atoms with van der Waals surface area (Å²) in [5, 5.41) is 13.5. The molecule has 3 aromatic rings. The molecule has 0 aliphatic rings. The molecule has 0 radical (unpaired) electrons. The number of hydrogen-bond donors (Lipinski definition) is 2. The van der Waals surface area contributed by atoms with Gasteiger partial charge in [-0.2, -0.15) is 0 Å². The maximum Gasteiger partial charge on any atom is 0.343 e. The van der Waals surface area contributed by atoms with Gasteiger partial charge in [-0.05, 0) is 36.8 Å². The number of urea groups is 1. The Morgan fingerprint density at radius 3 is 2.61 bits per heavy atom. The fourth-order valence-electron chi connectivity index (χ4n) is 4.68. The van der Waals surface area contributed by atoms with Crippen molar-refractivity contribution in [1.82, 2.24) is 19.5 Å². The van der Waals surface area contributed by atoms with Crippen molar-refractivity contribution in [3.63, 3.8) is 0 Å². The molecule has 0 bridgehead atoms. The first kappa shape index (κ1) is 28.9. The normalized spacial score (nSPS) is 12.1. The van der Waals surface area contributed by atoms with E-state index in [2.05, 4.69) is 17.2 Å². The molecule has 3 rings (SSSR count). The summed E-state index contributed by atoms with van der Waals surface area (Å²) < 4.78 is 7.79. The second-order valence-electron chi connectivity index (χ2n) is 10.3.